The predicted molar refractivity (Wildman–Crippen MR) is 67.7 cm³/mol. The van der Waals surface area contributed by atoms with Gasteiger partial charge in [-0.3, -0.25) is 4.79 Å². The van der Waals surface area contributed by atoms with E-state index >= 15 is 0 Å². The Labute approximate surface area is 102 Å². The molecule has 15 heavy (non-hydrogen) atoms. The van der Waals surface area contributed by atoms with Crippen LogP contribution in [0.3, 0.4) is 0 Å². The molecule has 88 valence electrons. The lowest BCUT2D eigenvalue weighted by Gasteiger charge is -2.36. The Balaban J connectivity index is 2.40. The SMILES string of the molecule is CSCCC(=O)NC1(CCl)CCCCC1. The summed E-state index contributed by atoms with van der Waals surface area (Å²) in [6, 6.07) is 0. The zero-order chi connectivity index (χ0) is 11.1. The Morgan fingerprint density at radius 2 is 2.07 bits per heavy atom. The minimum atomic E-state index is -0.102. The molecule has 0 spiro atoms. The van der Waals surface area contributed by atoms with Crippen LogP contribution in [0, 0.1) is 0 Å². The number of alkyl halides is 1. The van der Waals surface area contributed by atoms with Crippen molar-refractivity contribution in [2.75, 3.05) is 17.9 Å². The molecule has 1 N–H and O–H groups in total. The summed E-state index contributed by atoms with van der Waals surface area (Å²) in [5.41, 5.74) is -0.102. The lowest BCUT2D eigenvalue weighted by Crippen LogP contribution is -2.51. The molecule has 1 saturated carbocycles. The smallest absolute Gasteiger partial charge is 0.221 e. The number of hydrogen-bond donors (Lipinski definition) is 1. The van der Waals surface area contributed by atoms with E-state index in [1.807, 2.05) is 6.26 Å². The second-order valence-electron chi connectivity index (χ2n) is 4.27. The van der Waals surface area contributed by atoms with E-state index in [1.54, 1.807) is 11.8 Å². The molecule has 0 unspecified atom stereocenters. The topological polar surface area (TPSA) is 29.1 Å². The maximum Gasteiger partial charge on any atom is 0.221 e. The largest absolute Gasteiger partial charge is 0.349 e. The summed E-state index contributed by atoms with van der Waals surface area (Å²) in [6.07, 6.45) is 8.37. The highest BCUT2D eigenvalue weighted by Gasteiger charge is 2.32. The Hall–Kier alpha value is 0.110. The Bertz CT molecular complexity index is 205. The summed E-state index contributed by atoms with van der Waals surface area (Å²) in [6.45, 7) is 0. The Kier molecular flexibility index (Phi) is 5.83. The van der Waals surface area contributed by atoms with Gasteiger partial charge in [0.1, 0.15) is 0 Å². The monoisotopic (exact) mass is 249 g/mol. The summed E-state index contributed by atoms with van der Waals surface area (Å²) >= 11 is 7.70. The first-order valence-corrected chi connectivity index (χ1v) is 7.51. The fourth-order valence-corrected chi connectivity index (χ4v) is 2.80. The van der Waals surface area contributed by atoms with E-state index < -0.39 is 0 Å². The number of hydrogen-bond acceptors (Lipinski definition) is 2. The van der Waals surface area contributed by atoms with E-state index in [1.165, 1.54) is 19.3 Å². The van der Waals surface area contributed by atoms with Crippen molar-refractivity contribution in [3.8, 4) is 0 Å². The van der Waals surface area contributed by atoms with E-state index in [0.29, 0.717) is 12.3 Å². The van der Waals surface area contributed by atoms with E-state index in [9.17, 15) is 4.79 Å². The van der Waals surface area contributed by atoms with Gasteiger partial charge in [0.15, 0.2) is 0 Å². The summed E-state index contributed by atoms with van der Waals surface area (Å²) in [5.74, 6) is 1.61. The normalized spacial score (nSPS) is 19.9. The van der Waals surface area contributed by atoms with Crippen LogP contribution in [0.1, 0.15) is 38.5 Å². The molecule has 1 rings (SSSR count). The fraction of sp³-hybridized carbons (Fsp3) is 0.909. The van der Waals surface area contributed by atoms with Crippen molar-refractivity contribution in [3.63, 3.8) is 0 Å². The van der Waals surface area contributed by atoms with Gasteiger partial charge in [0.2, 0.25) is 5.91 Å². The van der Waals surface area contributed by atoms with E-state index in [0.717, 1.165) is 18.6 Å². The lowest BCUT2D eigenvalue weighted by atomic mass is 9.83. The van der Waals surface area contributed by atoms with Gasteiger partial charge in [-0.15, -0.1) is 11.6 Å². The van der Waals surface area contributed by atoms with Gasteiger partial charge in [0.25, 0.3) is 0 Å². The summed E-state index contributed by atoms with van der Waals surface area (Å²) in [7, 11) is 0. The zero-order valence-corrected chi connectivity index (χ0v) is 10.9. The molecular formula is C11H20ClNOS. The second kappa shape index (κ2) is 6.64. The van der Waals surface area contributed by atoms with Crippen LogP contribution in [0.4, 0.5) is 0 Å². The second-order valence-corrected chi connectivity index (χ2v) is 5.52. The van der Waals surface area contributed by atoms with E-state index in [-0.39, 0.29) is 11.4 Å². The molecule has 4 heteroatoms. The highest BCUT2D eigenvalue weighted by molar-refractivity contribution is 7.98. The quantitative estimate of drug-likeness (QED) is 0.760. The minimum absolute atomic E-state index is 0.102. The summed E-state index contributed by atoms with van der Waals surface area (Å²) in [4.78, 5) is 11.7. The zero-order valence-electron chi connectivity index (χ0n) is 9.35. The van der Waals surface area contributed by atoms with E-state index in [4.69, 9.17) is 11.6 Å². The van der Waals surface area contributed by atoms with Gasteiger partial charge in [0, 0.05) is 18.1 Å². The Morgan fingerprint density at radius 1 is 1.40 bits per heavy atom. The lowest BCUT2D eigenvalue weighted by molar-refractivity contribution is -0.122. The first-order valence-electron chi connectivity index (χ1n) is 5.58. The van der Waals surface area contributed by atoms with Crippen LogP contribution in [-0.4, -0.2) is 29.3 Å². The van der Waals surface area contributed by atoms with Crippen LogP contribution in [0.25, 0.3) is 0 Å². The third kappa shape index (κ3) is 4.23. The van der Waals surface area contributed by atoms with Crippen molar-refractivity contribution in [1.29, 1.82) is 0 Å². The molecule has 0 aromatic carbocycles. The molecule has 0 bridgehead atoms. The van der Waals surface area contributed by atoms with Crippen molar-refractivity contribution in [2.45, 2.75) is 44.1 Å². The third-order valence-electron chi connectivity index (χ3n) is 3.00. The number of amides is 1. The number of thioether (sulfide) groups is 1. The molecule has 1 fully saturated rings. The highest BCUT2D eigenvalue weighted by Crippen LogP contribution is 2.29. The predicted octanol–water partition coefficient (Wildman–Crippen LogP) is 2.80. The molecule has 0 aromatic heterocycles. The van der Waals surface area contributed by atoms with Gasteiger partial charge in [-0.05, 0) is 19.1 Å². The average Bonchev–Trinajstić information content (AvgIpc) is 2.27. The van der Waals surface area contributed by atoms with Gasteiger partial charge in [0.05, 0.1) is 5.54 Å². The molecule has 0 atom stereocenters. The standard InChI is InChI=1S/C11H20ClNOS/c1-15-8-5-10(14)13-11(9-12)6-3-2-4-7-11/h2-9H2,1H3,(H,13,14). The summed E-state index contributed by atoms with van der Waals surface area (Å²) < 4.78 is 0. The minimum Gasteiger partial charge on any atom is -0.349 e. The van der Waals surface area contributed by atoms with Crippen LogP contribution in [0.5, 0.6) is 0 Å². The average molecular weight is 250 g/mol. The number of carbonyl (C=O) groups excluding carboxylic acids is 1. The van der Waals surface area contributed by atoms with Gasteiger partial charge in [-0.1, -0.05) is 19.3 Å². The highest BCUT2D eigenvalue weighted by atomic mass is 35.5. The molecule has 0 radical (unpaired) electrons. The maximum absolute atomic E-state index is 11.7. The molecule has 0 aromatic rings. The number of rotatable bonds is 5. The summed E-state index contributed by atoms with van der Waals surface area (Å²) in [5, 5.41) is 3.13. The number of halogens is 1. The van der Waals surface area contributed by atoms with Crippen molar-refractivity contribution in [2.24, 2.45) is 0 Å². The van der Waals surface area contributed by atoms with Crippen molar-refractivity contribution in [3.05, 3.63) is 0 Å². The molecule has 1 aliphatic carbocycles. The van der Waals surface area contributed by atoms with Crippen LogP contribution >= 0.6 is 23.4 Å². The first-order chi connectivity index (χ1) is 7.22. The van der Waals surface area contributed by atoms with Crippen molar-refractivity contribution < 1.29 is 4.79 Å². The van der Waals surface area contributed by atoms with E-state index in [2.05, 4.69) is 5.32 Å². The van der Waals surface area contributed by atoms with Crippen LogP contribution < -0.4 is 5.32 Å². The Morgan fingerprint density at radius 3 is 2.60 bits per heavy atom. The van der Waals surface area contributed by atoms with Crippen LogP contribution in [0.15, 0.2) is 0 Å². The van der Waals surface area contributed by atoms with Crippen LogP contribution in [0.2, 0.25) is 0 Å². The molecule has 1 aliphatic rings. The van der Waals surface area contributed by atoms with Gasteiger partial charge in [-0.2, -0.15) is 11.8 Å². The van der Waals surface area contributed by atoms with Crippen LogP contribution in [-0.2, 0) is 4.79 Å². The van der Waals surface area contributed by atoms with Gasteiger partial charge >= 0.3 is 0 Å². The first kappa shape index (κ1) is 13.2. The van der Waals surface area contributed by atoms with Gasteiger partial charge < -0.3 is 5.32 Å². The van der Waals surface area contributed by atoms with Crippen molar-refractivity contribution >= 4 is 29.3 Å². The number of carbonyl (C=O) groups is 1. The molecule has 2 nitrogen and oxygen atoms in total. The fourth-order valence-electron chi connectivity index (χ4n) is 2.07. The molecule has 0 aliphatic heterocycles. The molecular weight excluding hydrogens is 230 g/mol. The number of nitrogens with one attached hydrogen (secondary N) is 1. The van der Waals surface area contributed by atoms with Gasteiger partial charge in [-0.25, -0.2) is 0 Å². The van der Waals surface area contributed by atoms with Crippen molar-refractivity contribution in [1.82, 2.24) is 5.32 Å². The molecule has 1 amide bonds. The maximum atomic E-state index is 11.7. The molecule has 0 heterocycles. The third-order valence-corrected chi connectivity index (χ3v) is 4.13. The molecule has 0 saturated heterocycles.